The summed E-state index contributed by atoms with van der Waals surface area (Å²) >= 11 is 0. The summed E-state index contributed by atoms with van der Waals surface area (Å²) in [7, 11) is 0. The molecule has 0 atom stereocenters. The average molecular weight is 463 g/mol. The Morgan fingerprint density at radius 2 is 1.79 bits per heavy atom. The van der Waals surface area contributed by atoms with Gasteiger partial charge < -0.3 is 15.0 Å². The van der Waals surface area contributed by atoms with E-state index in [9.17, 15) is 4.79 Å². The summed E-state index contributed by atoms with van der Waals surface area (Å²) in [5, 5.41) is 7.73. The highest BCUT2D eigenvalue weighted by Crippen LogP contribution is 2.22. The van der Waals surface area contributed by atoms with Crippen molar-refractivity contribution >= 4 is 11.7 Å². The molecule has 0 unspecified atom stereocenters. The number of piperidine rings is 1. The van der Waals surface area contributed by atoms with E-state index < -0.39 is 0 Å². The topological polar surface area (TPSA) is 85.2 Å². The first-order valence-corrected chi connectivity index (χ1v) is 12.2. The van der Waals surface area contributed by atoms with Crippen LogP contribution in [-0.2, 0) is 17.8 Å². The number of hydrogen-bond donors (Lipinski definition) is 1. The maximum Gasteiger partial charge on any atom is 0.220 e. The highest BCUT2D eigenvalue weighted by molar-refractivity contribution is 5.76. The molecule has 1 aliphatic heterocycles. The van der Waals surface area contributed by atoms with Crippen molar-refractivity contribution in [2.45, 2.75) is 59.4 Å². The fourth-order valence-corrected chi connectivity index (χ4v) is 4.41. The Hall–Kier alpha value is -3.42. The lowest BCUT2D eigenvalue weighted by atomic mass is 10.1. The number of amides is 1. The van der Waals surface area contributed by atoms with Crippen LogP contribution in [0.1, 0.15) is 55.1 Å². The number of carbonyl (C=O) groups is 1. The maximum absolute atomic E-state index is 12.5. The first-order chi connectivity index (χ1) is 16.5. The van der Waals surface area contributed by atoms with E-state index in [1.54, 1.807) is 6.33 Å². The second-order valence-corrected chi connectivity index (χ2v) is 8.70. The molecule has 1 aromatic carbocycles. The number of anilines is 1. The number of nitrogens with zero attached hydrogens (tertiary/aromatic N) is 5. The summed E-state index contributed by atoms with van der Waals surface area (Å²) in [5.41, 5.74) is 4.08. The van der Waals surface area contributed by atoms with Crippen molar-refractivity contribution in [3.05, 3.63) is 59.2 Å². The van der Waals surface area contributed by atoms with Crippen LogP contribution < -0.4 is 15.0 Å². The zero-order valence-corrected chi connectivity index (χ0v) is 20.4. The lowest BCUT2D eigenvalue weighted by Crippen LogP contribution is -2.30. The van der Waals surface area contributed by atoms with Crippen LogP contribution in [0.3, 0.4) is 0 Å². The van der Waals surface area contributed by atoms with Crippen molar-refractivity contribution in [2.75, 3.05) is 24.6 Å². The molecule has 1 N–H and O–H groups in total. The number of aromatic nitrogens is 4. The van der Waals surface area contributed by atoms with E-state index in [1.165, 1.54) is 19.3 Å². The standard InChI is InChI=1S/C26H34N6O2/c1-4-34-22-10-8-21(9-11-22)17-27-26(33)13-12-23-19(2)30-32(20(23)3)25-16-24(28-18-29-25)31-14-6-5-7-15-31/h8-11,16,18H,4-7,12-15,17H2,1-3H3,(H,27,33). The van der Waals surface area contributed by atoms with Crippen LogP contribution in [0.4, 0.5) is 5.82 Å². The number of hydrogen-bond acceptors (Lipinski definition) is 6. The molecule has 180 valence electrons. The van der Waals surface area contributed by atoms with E-state index in [4.69, 9.17) is 9.84 Å². The van der Waals surface area contributed by atoms with Gasteiger partial charge in [0.25, 0.3) is 0 Å². The van der Waals surface area contributed by atoms with Crippen LogP contribution in [0.15, 0.2) is 36.7 Å². The minimum absolute atomic E-state index is 0.0230. The molecule has 3 aromatic rings. The van der Waals surface area contributed by atoms with Crippen LogP contribution in [0.2, 0.25) is 0 Å². The van der Waals surface area contributed by atoms with Crippen LogP contribution in [0, 0.1) is 13.8 Å². The third-order valence-corrected chi connectivity index (χ3v) is 6.30. The van der Waals surface area contributed by atoms with Gasteiger partial charge in [-0.25, -0.2) is 14.6 Å². The highest BCUT2D eigenvalue weighted by Gasteiger charge is 2.17. The van der Waals surface area contributed by atoms with Gasteiger partial charge in [-0.1, -0.05) is 12.1 Å². The molecule has 0 spiro atoms. The lowest BCUT2D eigenvalue weighted by Gasteiger charge is -2.27. The van der Waals surface area contributed by atoms with E-state index >= 15 is 0 Å². The number of aryl methyl sites for hydroxylation is 1. The zero-order chi connectivity index (χ0) is 23.9. The molecular weight excluding hydrogens is 428 g/mol. The first-order valence-electron chi connectivity index (χ1n) is 12.2. The highest BCUT2D eigenvalue weighted by atomic mass is 16.5. The molecule has 0 radical (unpaired) electrons. The molecule has 1 aliphatic rings. The van der Waals surface area contributed by atoms with Gasteiger partial charge >= 0.3 is 0 Å². The summed E-state index contributed by atoms with van der Waals surface area (Å²) < 4.78 is 7.33. The molecular formula is C26H34N6O2. The molecule has 0 bridgehead atoms. The number of rotatable bonds is 9. The smallest absolute Gasteiger partial charge is 0.220 e. The number of ether oxygens (including phenoxy) is 1. The third kappa shape index (κ3) is 5.73. The summed E-state index contributed by atoms with van der Waals surface area (Å²) in [6.07, 6.45) is 6.34. The summed E-state index contributed by atoms with van der Waals surface area (Å²) in [4.78, 5) is 23.8. The van der Waals surface area contributed by atoms with Gasteiger partial charge in [0, 0.05) is 37.8 Å². The molecule has 34 heavy (non-hydrogen) atoms. The quantitative estimate of drug-likeness (QED) is 0.519. The van der Waals surface area contributed by atoms with E-state index in [2.05, 4.69) is 20.2 Å². The minimum atomic E-state index is 0.0230. The van der Waals surface area contributed by atoms with Gasteiger partial charge in [-0.2, -0.15) is 5.10 Å². The van der Waals surface area contributed by atoms with Crippen LogP contribution in [0.25, 0.3) is 5.82 Å². The Morgan fingerprint density at radius 1 is 1.06 bits per heavy atom. The fourth-order valence-electron chi connectivity index (χ4n) is 4.41. The Bertz CT molecular complexity index is 1100. The number of nitrogens with one attached hydrogen (secondary N) is 1. The van der Waals surface area contributed by atoms with E-state index in [0.29, 0.717) is 26.0 Å². The largest absolute Gasteiger partial charge is 0.494 e. The number of benzene rings is 1. The van der Waals surface area contributed by atoms with Crippen molar-refractivity contribution < 1.29 is 9.53 Å². The predicted molar refractivity (Wildman–Crippen MR) is 132 cm³/mol. The second-order valence-electron chi connectivity index (χ2n) is 8.70. The number of carbonyl (C=O) groups excluding carboxylic acids is 1. The van der Waals surface area contributed by atoms with Crippen molar-refractivity contribution in [3.63, 3.8) is 0 Å². The Morgan fingerprint density at radius 3 is 2.53 bits per heavy atom. The molecule has 1 saturated heterocycles. The molecule has 1 fully saturated rings. The maximum atomic E-state index is 12.5. The van der Waals surface area contributed by atoms with Gasteiger partial charge in [0.15, 0.2) is 5.82 Å². The fraction of sp³-hybridized carbons (Fsp3) is 0.462. The molecule has 3 heterocycles. The molecule has 1 amide bonds. The van der Waals surface area contributed by atoms with Gasteiger partial charge in [0.1, 0.15) is 17.9 Å². The molecule has 0 saturated carbocycles. The molecule has 8 heteroatoms. The summed E-state index contributed by atoms with van der Waals surface area (Å²) in [6, 6.07) is 9.82. The molecule has 0 aliphatic carbocycles. The SMILES string of the molecule is CCOc1ccc(CNC(=O)CCc2c(C)nn(-c3cc(N4CCCCC4)ncn3)c2C)cc1. The Kier molecular flexibility index (Phi) is 7.77. The lowest BCUT2D eigenvalue weighted by molar-refractivity contribution is -0.121. The van der Waals surface area contributed by atoms with Gasteiger partial charge in [0.2, 0.25) is 5.91 Å². The van der Waals surface area contributed by atoms with Gasteiger partial charge in [-0.15, -0.1) is 0 Å². The Labute approximate surface area is 201 Å². The minimum Gasteiger partial charge on any atom is -0.494 e. The monoisotopic (exact) mass is 462 g/mol. The first kappa shape index (κ1) is 23.7. The van der Waals surface area contributed by atoms with Crippen LogP contribution in [-0.4, -0.2) is 45.4 Å². The van der Waals surface area contributed by atoms with Crippen molar-refractivity contribution in [3.8, 4) is 11.6 Å². The van der Waals surface area contributed by atoms with Crippen LogP contribution in [0.5, 0.6) is 5.75 Å². The average Bonchev–Trinajstić information content (AvgIpc) is 3.16. The summed E-state index contributed by atoms with van der Waals surface area (Å²) in [6.45, 7) is 9.20. The van der Waals surface area contributed by atoms with Gasteiger partial charge in [-0.05, 0) is 69.7 Å². The van der Waals surface area contributed by atoms with E-state index in [-0.39, 0.29) is 5.91 Å². The summed E-state index contributed by atoms with van der Waals surface area (Å²) in [5.74, 6) is 2.58. The zero-order valence-electron chi connectivity index (χ0n) is 20.4. The second kappa shape index (κ2) is 11.1. The van der Waals surface area contributed by atoms with E-state index in [1.807, 2.05) is 55.8 Å². The van der Waals surface area contributed by atoms with Crippen LogP contribution >= 0.6 is 0 Å². The molecule has 4 rings (SSSR count). The molecule has 2 aromatic heterocycles. The van der Waals surface area contributed by atoms with Crippen molar-refractivity contribution in [2.24, 2.45) is 0 Å². The van der Waals surface area contributed by atoms with Gasteiger partial charge in [0.05, 0.1) is 12.3 Å². The molecule has 8 nitrogen and oxygen atoms in total. The van der Waals surface area contributed by atoms with E-state index in [0.717, 1.165) is 53.0 Å². The Balaban J connectivity index is 1.36. The van der Waals surface area contributed by atoms with Crippen molar-refractivity contribution in [1.82, 2.24) is 25.1 Å². The van der Waals surface area contributed by atoms with Crippen molar-refractivity contribution in [1.29, 1.82) is 0 Å². The third-order valence-electron chi connectivity index (χ3n) is 6.30. The van der Waals surface area contributed by atoms with Gasteiger partial charge in [-0.3, -0.25) is 4.79 Å². The normalized spacial score (nSPS) is 13.7. The predicted octanol–water partition coefficient (Wildman–Crippen LogP) is 3.92.